The van der Waals surface area contributed by atoms with E-state index in [0.717, 1.165) is 46.2 Å². The Morgan fingerprint density at radius 3 is 2.42 bits per heavy atom. The van der Waals surface area contributed by atoms with Gasteiger partial charge in [-0.1, -0.05) is 60.1 Å². The third-order valence-electron chi connectivity index (χ3n) is 5.20. The van der Waals surface area contributed by atoms with Gasteiger partial charge in [0.2, 0.25) is 0 Å². The van der Waals surface area contributed by atoms with E-state index in [1.807, 2.05) is 24.3 Å². The van der Waals surface area contributed by atoms with Crippen molar-refractivity contribution < 1.29 is 13.5 Å². The van der Waals surface area contributed by atoms with Crippen molar-refractivity contribution in [1.82, 2.24) is 5.32 Å². The van der Waals surface area contributed by atoms with Crippen molar-refractivity contribution in [2.75, 3.05) is 6.54 Å². The van der Waals surface area contributed by atoms with E-state index < -0.39 is 0 Å². The summed E-state index contributed by atoms with van der Waals surface area (Å²) in [7, 11) is 0. The van der Waals surface area contributed by atoms with Crippen molar-refractivity contribution in [3.8, 4) is 5.75 Å². The fourth-order valence-corrected chi connectivity index (χ4v) is 3.75. The monoisotopic (exact) mass is 437 g/mol. The highest BCUT2D eigenvalue weighted by Gasteiger charge is 2.10. The Morgan fingerprint density at radius 1 is 0.839 bits per heavy atom. The average molecular weight is 438 g/mol. The van der Waals surface area contributed by atoms with Crippen LogP contribution in [-0.4, -0.2) is 6.54 Å². The fraction of sp³-hybridized carbons (Fsp3) is 0.154. The first-order valence-corrected chi connectivity index (χ1v) is 10.5. The molecule has 4 rings (SSSR count). The molecule has 0 atom stereocenters. The normalized spacial score (nSPS) is 11.1. The number of hydrogen-bond acceptors (Lipinski definition) is 2. The highest BCUT2D eigenvalue weighted by atomic mass is 35.5. The highest BCUT2D eigenvalue weighted by molar-refractivity contribution is 6.31. The minimum absolute atomic E-state index is 0.226. The van der Waals surface area contributed by atoms with E-state index in [-0.39, 0.29) is 18.2 Å². The topological polar surface area (TPSA) is 21.3 Å². The Bertz CT molecular complexity index is 1180. The van der Waals surface area contributed by atoms with Crippen LogP contribution >= 0.6 is 11.6 Å². The minimum atomic E-state index is -0.370. The molecule has 158 valence electrons. The van der Waals surface area contributed by atoms with Gasteiger partial charge in [0.25, 0.3) is 0 Å². The summed E-state index contributed by atoms with van der Waals surface area (Å²) in [6, 6.07) is 23.0. The molecule has 0 aliphatic heterocycles. The second kappa shape index (κ2) is 9.90. The molecule has 31 heavy (non-hydrogen) atoms. The van der Waals surface area contributed by atoms with Crippen molar-refractivity contribution in [2.24, 2.45) is 0 Å². The lowest BCUT2D eigenvalue weighted by molar-refractivity contribution is 0.302. The second-order valence-electron chi connectivity index (χ2n) is 7.34. The Kier molecular flexibility index (Phi) is 6.80. The second-order valence-corrected chi connectivity index (χ2v) is 7.75. The first-order chi connectivity index (χ1) is 15.1. The van der Waals surface area contributed by atoms with E-state index in [4.69, 9.17) is 16.3 Å². The fourth-order valence-electron chi connectivity index (χ4n) is 3.52. The van der Waals surface area contributed by atoms with Crippen molar-refractivity contribution in [3.63, 3.8) is 0 Å². The Balaban J connectivity index is 1.49. The van der Waals surface area contributed by atoms with Crippen LogP contribution in [0.15, 0.2) is 78.9 Å². The molecule has 0 aromatic heterocycles. The molecule has 4 aromatic carbocycles. The molecule has 2 nitrogen and oxygen atoms in total. The molecule has 5 heteroatoms. The number of ether oxygens (including phenoxy) is 1. The van der Waals surface area contributed by atoms with E-state index in [2.05, 4.69) is 17.4 Å². The number of benzene rings is 4. The van der Waals surface area contributed by atoms with E-state index in [1.54, 1.807) is 18.2 Å². The predicted octanol–water partition coefficient (Wildman–Crippen LogP) is 6.68. The molecular weight excluding hydrogens is 416 g/mol. The predicted molar refractivity (Wildman–Crippen MR) is 122 cm³/mol. The lowest BCUT2D eigenvalue weighted by Gasteiger charge is -2.16. The van der Waals surface area contributed by atoms with Crippen LogP contribution in [0, 0.1) is 11.6 Å². The minimum Gasteiger partial charge on any atom is -0.488 e. The number of halogens is 3. The van der Waals surface area contributed by atoms with Gasteiger partial charge in [-0.05, 0) is 59.6 Å². The number of nitrogens with one attached hydrogen (secondary N) is 1. The SMILES string of the molecule is Fc1ccc(CCNCc2c(OCc3ccc(F)cc3Cl)ccc3ccccc23)cc1. The maximum Gasteiger partial charge on any atom is 0.124 e. The molecule has 0 radical (unpaired) electrons. The van der Waals surface area contributed by atoms with Gasteiger partial charge < -0.3 is 10.1 Å². The molecule has 0 amide bonds. The van der Waals surface area contributed by atoms with Crippen LogP contribution in [0.5, 0.6) is 5.75 Å². The first-order valence-electron chi connectivity index (χ1n) is 10.1. The van der Waals surface area contributed by atoms with Gasteiger partial charge in [0, 0.05) is 17.7 Å². The van der Waals surface area contributed by atoms with Crippen LogP contribution in [0.3, 0.4) is 0 Å². The number of hydrogen-bond donors (Lipinski definition) is 1. The smallest absolute Gasteiger partial charge is 0.124 e. The standard InChI is InChI=1S/C26H22ClF2NO/c27-25-15-22(29)11-7-20(25)17-31-26-12-8-19-3-1-2-4-23(19)24(26)16-30-14-13-18-5-9-21(28)10-6-18/h1-12,15,30H,13-14,16-17H2. The molecule has 0 fully saturated rings. The van der Waals surface area contributed by atoms with Crippen molar-refractivity contribution in [3.05, 3.63) is 112 Å². The zero-order chi connectivity index (χ0) is 21.6. The zero-order valence-corrected chi connectivity index (χ0v) is 17.6. The van der Waals surface area contributed by atoms with E-state index in [9.17, 15) is 8.78 Å². The summed E-state index contributed by atoms with van der Waals surface area (Å²) in [4.78, 5) is 0. The van der Waals surface area contributed by atoms with Crippen molar-refractivity contribution in [1.29, 1.82) is 0 Å². The third kappa shape index (κ3) is 5.40. The van der Waals surface area contributed by atoms with Crippen molar-refractivity contribution in [2.45, 2.75) is 19.6 Å². The summed E-state index contributed by atoms with van der Waals surface area (Å²) in [6.45, 7) is 1.62. The Hall–Kier alpha value is -2.95. The lowest BCUT2D eigenvalue weighted by atomic mass is 10.0. The van der Waals surface area contributed by atoms with E-state index >= 15 is 0 Å². The summed E-state index contributed by atoms with van der Waals surface area (Å²) in [5.74, 6) is 0.161. The summed E-state index contributed by atoms with van der Waals surface area (Å²) >= 11 is 6.15. The molecule has 0 unspecified atom stereocenters. The van der Waals surface area contributed by atoms with E-state index in [0.29, 0.717) is 11.6 Å². The molecule has 0 bridgehead atoms. The molecule has 0 aliphatic rings. The van der Waals surface area contributed by atoms with Gasteiger partial charge in [-0.15, -0.1) is 0 Å². The van der Waals surface area contributed by atoms with Crippen LogP contribution in [0.4, 0.5) is 8.78 Å². The zero-order valence-electron chi connectivity index (χ0n) is 16.9. The number of fused-ring (bicyclic) bond motifs is 1. The highest BCUT2D eigenvalue weighted by Crippen LogP contribution is 2.29. The molecule has 1 N–H and O–H groups in total. The summed E-state index contributed by atoms with van der Waals surface area (Å²) in [6.07, 6.45) is 0.798. The maximum absolute atomic E-state index is 13.3. The van der Waals surface area contributed by atoms with Gasteiger partial charge in [-0.2, -0.15) is 0 Å². The summed E-state index contributed by atoms with van der Waals surface area (Å²) in [5, 5.41) is 6.05. The number of rotatable bonds is 8. The van der Waals surface area contributed by atoms with Gasteiger partial charge in [-0.25, -0.2) is 8.78 Å². The average Bonchev–Trinajstić information content (AvgIpc) is 2.78. The molecule has 0 heterocycles. The molecule has 0 saturated heterocycles. The lowest BCUT2D eigenvalue weighted by Crippen LogP contribution is -2.17. The molecule has 0 saturated carbocycles. The van der Waals surface area contributed by atoms with Crippen LogP contribution in [-0.2, 0) is 19.6 Å². The first kappa shape index (κ1) is 21.3. The molecule has 0 aliphatic carbocycles. The van der Waals surface area contributed by atoms with E-state index in [1.165, 1.54) is 24.3 Å². The van der Waals surface area contributed by atoms with Crippen LogP contribution in [0.2, 0.25) is 5.02 Å². The summed E-state index contributed by atoms with van der Waals surface area (Å²) < 4.78 is 32.5. The van der Waals surface area contributed by atoms with Gasteiger partial charge in [0.05, 0.1) is 5.02 Å². The van der Waals surface area contributed by atoms with Crippen LogP contribution < -0.4 is 10.1 Å². The summed E-state index contributed by atoms with van der Waals surface area (Å²) in [5.41, 5.74) is 2.86. The van der Waals surface area contributed by atoms with Gasteiger partial charge in [0.15, 0.2) is 0 Å². The van der Waals surface area contributed by atoms with Crippen LogP contribution in [0.25, 0.3) is 10.8 Å². The Morgan fingerprint density at radius 2 is 1.61 bits per heavy atom. The van der Waals surface area contributed by atoms with Crippen molar-refractivity contribution >= 4 is 22.4 Å². The maximum atomic E-state index is 13.3. The van der Waals surface area contributed by atoms with Crippen LogP contribution in [0.1, 0.15) is 16.7 Å². The Labute approximate surface area is 185 Å². The van der Waals surface area contributed by atoms with Gasteiger partial charge in [0.1, 0.15) is 24.0 Å². The quantitative estimate of drug-likeness (QED) is 0.310. The van der Waals surface area contributed by atoms with Gasteiger partial charge >= 0.3 is 0 Å². The molecule has 0 spiro atoms. The largest absolute Gasteiger partial charge is 0.488 e. The molecular formula is C26H22ClF2NO. The third-order valence-corrected chi connectivity index (χ3v) is 5.55. The van der Waals surface area contributed by atoms with Gasteiger partial charge in [-0.3, -0.25) is 0 Å². The molecule has 4 aromatic rings.